The van der Waals surface area contributed by atoms with Gasteiger partial charge in [-0.3, -0.25) is 0 Å². The van der Waals surface area contributed by atoms with E-state index in [1.54, 1.807) is 0 Å². The highest BCUT2D eigenvalue weighted by Crippen LogP contribution is 2.53. The summed E-state index contributed by atoms with van der Waals surface area (Å²) in [6, 6.07) is 111. The molecule has 17 rings (SSSR count). The Labute approximate surface area is 577 Å². The Balaban J connectivity index is 1.05. The Bertz CT molecular complexity index is 5160. The van der Waals surface area contributed by atoms with Crippen LogP contribution in [0.3, 0.4) is 0 Å². The van der Waals surface area contributed by atoms with Gasteiger partial charge in [0.25, 0.3) is 6.71 Å². The van der Waals surface area contributed by atoms with E-state index in [4.69, 9.17) is 0 Å². The van der Waals surface area contributed by atoms with Gasteiger partial charge >= 0.3 is 0 Å². The van der Waals surface area contributed by atoms with Crippen molar-refractivity contribution in [3.63, 3.8) is 0 Å². The number of aromatic nitrogens is 2. The molecule has 4 nitrogen and oxygen atoms in total. The summed E-state index contributed by atoms with van der Waals surface area (Å²) in [4.78, 5) is 5.44. The predicted molar refractivity (Wildman–Crippen MR) is 420 cm³/mol. The molecular formula is C93H81BN4. The molecule has 0 spiro atoms. The molecule has 0 fully saturated rings. The molecule has 0 unspecified atom stereocenters. The Morgan fingerprint density at radius 1 is 0.265 bits per heavy atom. The van der Waals surface area contributed by atoms with Gasteiger partial charge in [-0.15, -0.1) is 0 Å². The van der Waals surface area contributed by atoms with Gasteiger partial charge in [0.05, 0.1) is 33.4 Å². The van der Waals surface area contributed by atoms with E-state index < -0.39 is 0 Å². The summed E-state index contributed by atoms with van der Waals surface area (Å²) in [5.74, 6) is 0. The molecule has 2 aliphatic heterocycles. The quantitative estimate of drug-likeness (QED) is 0.120. The summed E-state index contributed by atoms with van der Waals surface area (Å²) in [5, 5.41) is 4.96. The minimum atomic E-state index is -0.191. The monoisotopic (exact) mass is 1260 g/mol. The van der Waals surface area contributed by atoms with Crippen LogP contribution in [0.1, 0.15) is 79.0 Å². The normalized spacial score (nSPS) is 13.0. The highest BCUT2D eigenvalue weighted by Gasteiger charge is 2.45. The predicted octanol–water partition coefficient (Wildman–Crippen LogP) is 23.4. The van der Waals surface area contributed by atoms with E-state index in [2.05, 4.69) is 372 Å². The van der Waals surface area contributed by atoms with Gasteiger partial charge in [-0.1, -0.05) is 269 Å². The molecule has 98 heavy (non-hydrogen) atoms. The van der Waals surface area contributed by atoms with E-state index in [1.807, 2.05) is 0 Å². The first kappa shape index (κ1) is 60.8. The minimum Gasteiger partial charge on any atom is -0.311 e. The van der Waals surface area contributed by atoms with Crippen molar-refractivity contribution in [3.05, 3.63) is 308 Å². The van der Waals surface area contributed by atoms with Crippen LogP contribution in [0.15, 0.2) is 291 Å². The van der Waals surface area contributed by atoms with Gasteiger partial charge in [-0.2, -0.15) is 0 Å². The van der Waals surface area contributed by atoms with E-state index >= 15 is 0 Å². The van der Waals surface area contributed by atoms with Crippen molar-refractivity contribution in [2.75, 3.05) is 9.80 Å². The second-order valence-corrected chi connectivity index (χ2v) is 31.1. The second kappa shape index (κ2) is 23.5. The second-order valence-electron chi connectivity index (χ2n) is 31.1. The number of para-hydroxylation sites is 4. The highest BCUT2D eigenvalue weighted by atomic mass is 15.2. The van der Waals surface area contributed by atoms with Crippen LogP contribution < -0.4 is 26.2 Å². The third kappa shape index (κ3) is 10.6. The fourth-order valence-electron chi connectivity index (χ4n) is 16.5. The molecule has 13 aromatic carbocycles. The molecule has 2 aliphatic rings. The number of hydrogen-bond donors (Lipinski definition) is 0. The first-order chi connectivity index (χ1) is 47.5. The zero-order valence-electron chi connectivity index (χ0n) is 57.7. The van der Waals surface area contributed by atoms with Gasteiger partial charge in [-0.25, -0.2) is 0 Å². The Kier molecular flexibility index (Phi) is 14.5. The standard InChI is InChI=1S/C93H81BN4/c1-91(2,3)58-61-50-88-90-89(51-61)98(85-57-75(63-32-16-11-17-33-63)67(60-93(7,8)9)53-77(85)65-36-20-13-21-37-65)87-55-69(96-82-44-28-24-40-72(82)73-41-25-29-45-83(73)96)47-49-79(87)94(90)78-48-46-68(95-80-42-26-22-38-70(80)71-39-23-27-43-81(71)95)54-86(78)97(88)84-56-74(62-30-14-10-15-31-62)66(59-92(4,5)6)52-76(84)64-34-18-12-19-35-64/h10-57H,58-60H2,1-9H3. The van der Waals surface area contributed by atoms with Crippen molar-refractivity contribution in [2.24, 2.45) is 16.2 Å². The summed E-state index contributed by atoms with van der Waals surface area (Å²) in [7, 11) is 0. The largest absolute Gasteiger partial charge is 0.311 e. The molecule has 15 aromatic rings. The molecule has 0 N–H and O–H groups in total. The zero-order valence-corrected chi connectivity index (χ0v) is 57.7. The topological polar surface area (TPSA) is 16.3 Å². The van der Waals surface area contributed by atoms with Gasteiger partial charge < -0.3 is 18.9 Å². The van der Waals surface area contributed by atoms with E-state index in [-0.39, 0.29) is 23.0 Å². The molecule has 0 radical (unpaired) electrons. The van der Waals surface area contributed by atoms with Gasteiger partial charge in [-0.05, 0) is 187 Å². The van der Waals surface area contributed by atoms with Crippen LogP contribution in [0.2, 0.25) is 0 Å². The molecule has 0 aliphatic carbocycles. The molecule has 0 amide bonds. The van der Waals surface area contributed by atoms with E-state index in [0.717, 1.165) is 53.4 Å². The van der Waals surface area contributed by atoms with Crippen molar-refractivity contribution >= 4 is 101 Å². The van der Waals surface area contributed by atoms with Crippen molar-refractivity contribution in [2.45, 2.75) is 81.6 Å². The summed E-state index contributed by atoms with van der Waals surface area (Å²) in [5.41, 5.74) is 31.3. The maximum absolute atomic E-state index is 2.72. The van der Waals surface area contributed by atoms with Crippen LogP contribution >= 0.6 is 0 Å². The molecule has 5 heteroatoms. The number of benzene rings is 13. The summed E-state index contributed by atoms with van der Waals surface area (Å²) < 4.78 is 5.01. The zero-order chi connectivity index (χ0) is 66.8. The van der Waals surface area contributed by atoms with Gasteiger partial charge in [0.1, 0.15) is 0 Å². The molecule has 0 saturated heterocycles. The van der Waals surface area contributed by atoms with E-state index in [9.17, 15) is 0 Å². The van der Waals surface area contributed by atoms with Crippen LogP contribution in [0.25, 0.3) is 99.5 Å². The van der Waals surface area contributed by atoms with Crippen LogP contribution in [0, 0.1) is 16.2 Å². The Morgan fingerprint density at radius 3 is 0.898 bits per heavy atom. The van der Waals surface area contributed by atoms with Crippen LogP contribution in [0.4, 0.5) is 34.1 Å². The fourth-order valence-corrected chi connectivity index (χ4v) is 16.5. The number of nitrogens with zero attached hydrogens (tertiary/aromatic N) is 4. The summed E-state index contributed by atoms with van der Waals surface area (Å²) in [6.07, 6.45) is 2.64. The molecular weight excluding hydrogens is 1180 g/mol. The van der Waals surface area contributed by atoms with Crippen LogP contribution in [0.5, 0.6) is 0 Å². The number of fused-ring (bicyclic) bond motifs is 10. The lowest BCUT2D eigenvalue weighted by atomic mass is 9.33. The lowest BCUT2D eigenvalue weighted by Gasteiger charge is -2.46. The smallest absolute Gasteiger partial charge is 0.252 e. The first-order valence-corrected chi connectivity index (χ1v) is 35.1. The summed E-state index contributed by atoms with van der Waals surface area (Å²) >= 11 is 0. The fraction of sp³-hybridized carbons (Fsp3) is 0.161. The lowest BCUT2D eigenvalue weighted by Crippen LogP contribution is -2.61. The average molecular weight is 1270 g/mol. The summed E-state index contributed by atoms with van der Waals surface area (Å²) in [6.45, 7) is 21.3. The molecule has 0 saturated carbocycles. The first-order valence-electron chi connectivity index (χ1n) is 35.1. The van der Waals surface area contributed by atoms with Crippen molar-refractivity contribution < 1.29 is 0 Å². The Morgan fingerprint density at radius 2 is 0.571 bits per heavy atom. The molecule has 0 atom stereocenters. The van der Waals surface area contributed by atoms with Crippen molar-refractivity contribution in [3.8, 4) is 55.9 Å². The van der Waals surface area contributed by atoms with Crippen LogP contribution in [-0.2, 0) is 19.3 Å². The lowest BCUT2D eigenvalue weighted by molar-refractivity contribution is 0.411. The molecule has 4 heterocycles. The number of anilines is 6. The van der Waals surface area contributed by atoms with E-state index in [0.29, 0.717) is 0 Å². The third-order valence-electron chi connectivity index (χ3n) is 20.2. The number of rotatable bonds is 11. The van der Waals surface area contributed by atoms with Crippen molar-refractivity contribution in [1.82, 2.24) is 9.13 Å². The minimum absolute atomic E-state index is 0.00368. The maximum Gasteiger partial charge on any atom is 0.252 e. The van der Waals surface area contributed by atoms with Gasteiger partial charge in [0.15, 0.2) is 0 Å². The molecule has 2 aromatic heterocycles. The van der Waals surface area contributed by atoms with Crippen molar-refractivity contribution in [1.29, 1.82) is 0 Å². The van der Waals surface area contributed by atoms with E-state index in [1.165, 1.54) is 133 Å². The third-order valence-corrected chi connectivity index (χ3v) is 20.2. The van der Waals surface area contributed by atoms with Gasteiger partial charge in [0.2, 0.25) is 0 Å². The average Bonchev–Trinajstić information content (AvgIpc) is 0.761. The molecule has 476 valence electrons. The Hall–Kier alpha value is -10.9. The molecule has 0 bridgehead atoms. The number of hydrogen-bond acceptors (Lipinski definition) is 2. The maximum atomic E-state index is 2.72. The SMILES string of the molecule is CC(C)(C)Cc1cc2c3c(c1)N(c1cc(-c4ccccc4)c(CC(C)(C)C)cc1-c1ccccc1)c1cc(-n4c5ccccc5c5ccccc54)ccc1B3c1ccc(-n3c4ccccc4c4ccccc43)cc1N2c1cc(-c2ccccc2)c(CC(C)(C)C)cc1-c1ccccc1. The highest BCUT2D eigenvalue weighted by molar-refractivity contribution is 7.00. The van der Waals surface area contributed by atoms with Crippen LogP contribution in [-0.4, -0.2) is 15.8 Å². The van der Waals surface area contributed by atoms with Gasteiger partial charge in [0, 0.05) is 66.8 Å².